The van der Waals surface area contributed by atoms with Gasteiger partial charge in [-0.25, -0.2) is 4.39 Å². The maximum absolute atomic E-state index is 14.0. The van der Waals surface area contributed by atoms with E-state index in [1.165, 1.54) is 0 Å². The molecule has 3 atom stereocenters. The van der Waals surface area contributed by atoms with Gasteiger partial charge in [0.2, 0.25) is 0 Å². The van der Waals surface area contributed by atoms with Crippen molar-refractivity contribution in [2.75, 3.05) is 13.2 Å². The van der Waals surface area contributed by atoms with Gasteiger partial charge in [0.25, 0.3) is 0 Å². The van der Waals surface area contributed by atoms with Crippen molar-refractivity contribution in [3.8, 4) is 0 Å². The number of halogens is 1. The summed E-state index contributed by atoms with van der Waals surface area (Å²) >= 11 is 0. The van der Waals surface area contributed by atoms with E-state index in [9.17, 15) is 4.39 Å². The highest BCUT2D eigenvalue weighted by atomic mass is 19.1. The third-order valence-electron chi connectivity index (χ3n) is 3.27. The quantitative estimate of drug-likeness (QED) is 0.618. The maximum atomic E-state index is 14.0. The van der Waals surface area contributed by atoms with E-state index in [1.54, 1.807) is 6.92 Å². The summed E-state index contributed by atoms with van der Waals surface area (Å²) in [5.41, 5.74) is -1.16. The summed E-state index contributed by atoms with van der Waals surface area (Å²) < 4.78 is 19.5. The van der Waals surface area contributed by atoms with Crippen molar-refractivity contribution in [2.24, 2.45) is 0 Å². The normalized spacial score (nSPS) is 45.9. The van der Waals surface area contributed by atoms with E-state index in [0.717, 1.165) is 6.42 Å². The summed E-state index contributed by atoms with van der Waals surface area (Å²) in [6.07, 6.45) is 0.707. The third kappa shape index (κ3) is 1.48. The van der Waals surface area contributed by atoms with Crippen molar-refractivity contribution in [2.45, 2.75) is 51.0 Å². The van der Waals surface area contributed by atoms with Crippen molar-refractivity contribution in [3.63, 3.8) is 0 Å². The first-order valence-electron chi connectivity index (χ1n) is 5.07. The average molecular weight is 187 g/mol. The van der Waals surface area contributed by atoms with E-state index < -0.39 is 5.67 Å². The predicted octanol–water partition coefficient (Wildman–Crippen LogP) is 1.60. The highest BCUT2D eigenvalue weighted by Gasteiger charge is 2.49. The van der Waals surface area contributed by atoms with Crippen LogP contribution in [-0.2, 0) is 4.74 Å². The largest absolute Gasteiger partial charge is 0.373 e. The molecule has 0 aromatic rings. The second kappa shape index (κ2) is 2.92. The van der Waals surface area contributed by atoms with Crippen molar-refractivity contribution >= 4 is 0 Å². The SMILES string of the molecule is CC(C)N1CC(C)(F)C2CC1CO2. The molecule has 2 aliphatic rings. The number of fused-ring (bicyclic) bond motifs is 2. The minimum Gasteiger partial charge on any atom is -0.373 e. The van der Waals surface area contributed by atoms with Gasteiger partial charge in [0, 0.05) is 18.6 Å². The molecule has 0 amide bonds. The van der Waals surface area contributed by atoms with Gasteiger partial charge >= 0.3 is 0 Å². The third-order valence-corrected chi connectivity index (χ3v) is 3.27. The van der Waals surface area contributed by atoms with Crippen LogP contribution in [0.2, 0.25) is 0 Å². The Bertz CT molecular complexity index is 205. The first-order valence-corrected chi connectivity index (χ1v) is 5.07. The Morgan fingerprint density at radius 3 is 2.85 bits per heavy atom. The molecule has 0 saturated carbocycles. The molecule has 2 aliphatic heterocycles. The monoisotopic (exact) mass is 187 g/mol. The van der Waals surface area contributed by atoms with Gasteiger partial charge in [0.15, 0.2) is 0 Å². The van der Waals surface area contributed by atoms with Gasteiger partial charge in [0.05, 0.1) is 12.7 Å². The molecule has 2 rings (SSSR count). The van der Waals surface area contributed by atoms with Gasteiger partial charge in [0.1, 0.15) is 5.67 Å². The molecule has 2 saturated heterocycles. The molecule has 2 fully saturated rings. The Kier molecular flexibility index (Phi) is 2.11. The number of likely N-dealkylation sites (tertiary alicyclic amines) is 1. The number of hydrogen-bond acceptors (Lipinski definition) is 2. The summed E-state index contributed by atoms with van der Waals surface area (Å²) in [6.45, 7) is 7.14. The van der Waals surface area contributed by atoms with Crippen molar-refractivity contribution in [1.82, 2.24) is 4.90 Å². The molecule has 0 N–H and O–H groups in total. The molecule has 3 heteroatoms. The van der Waals surface area contributed by atoms with Gasteiger partial charge < -0.3 is 4.74 Å². The zero-order chi connectivity index (χ0) is 9.64. The minimum absolute atomic E-state index is 0.160. The average Bonchev–Trinajstić information content (AvgIpc) is 2.43. The lowest BCUT2D eigenvalue weighted by molar-refractivity contribution is -0.0392. The smallest absolute Gasteiger partial charge is 0.146 e. The Morgan fingerprint density at radius 2 is 2.23 bits per heavy atom. The number of piperidine rings is 1. The minimum atomic E-state index is -1.16. The molecule has 13 heavy (non-hydrogen) atoms. The standard InChI is InChI=1S/C10H18FNO/c1-7(2)12-6-10(3,11)9-4-8(12)5-13-9/h7-9H,4-6H2,1-3H3. The molecular formula is C10H18FNO. The van der Waals surface area contributed by atoms with Crippen LogP contribution in [0.5, 0.6) is 0 Å². The maximum Gasteiger partial charge on any atom is 0.146 e. The van der Waals surface area contributed by atoms with Crippen molar-refractivity contribution < 1.29 is 9.13 Å². The number of alkyl halides is 1. The molecule has 0 radical (unpaired) electrons. The highest BCUT2D eigenvalue weighted by molar-refractivity contribution is 5.01. The molecule has 2 bridgehead atoms. The fourth-order valence-electron chi connectivity index (χ4n) is 2.45. The first-order chi connectivity index (χ1) is 6.00. The second-order valence-corrected chi connectivity index (χ2v) is 4.76. The number of hydrogen-bond donors (Lipinski definition) is 0. The van der Waals surface area contributed by atoms with Gasteiger partial charge in [-0.3, -0.25) is 4.90 Å². The first kappa shape index (κ1) is 9.41. The van der Waals surface area contributed by atoms with Gasteiger partial charge in [-0.15, -0.1) is 0 Å². The highest BCUT2D eigenvalue weighted by Crippen LogP contribution is 2.37. The molecule has 2 heterocycles. The Hall–Kier alpha value is -0.150. The topological polar surface area (TPSA) is 12.5 Å². The van der Waals surface area contributed by atoms with Crippen LogP contribution >= 0.6 is 0 Å². The molecular weight excluding hydrogens is 169 g/mol. The summed E-state index contributed by atoms with van der Waals surface area (Å²) in [4.78, 5) is 2.23. The van der Waals surface area contributed by atoms with Crippen LogP contribution in [0.25, 0.3) is 0 Å². The lowest BCUT2D eigenvalue weighted by atomic mass is 9.90. The fraction of sp³-hybridized carbons (Fsp3) is 1.00. The lowest BCUT2D eigenvalue weighted by Gasteiger charge is -2.41. The Morgan fingerprint density at radius 1 is 1.54 bits per heavy atom. The second-order valence-electron chi connectivity index (χ2n) is 4.76. The summed E-state index contributed by atoms with van der Waals surface area (Å²) in [6, 6.07) is 0.872. The molecule has 0 aliphatic carbocycles. The van der Waals surface area contributed by atoms with Crippen LogP contribution in [0.4, 0.5) is 4.39 Å². The summed E-state index contributed by atoms with van der Waals surface area (Å²) in [5.74, 6) is 0. The van der Waals surface area contributed by atoms with Gasteiger partial charge in [-0.05, 0) is 27.2 Å². The molecule has 0 aromatic heterocycles. The molecule has 3 unspecified atom stereocenters. The van der Waals surface area contributed by atoms with E-state index in [1.807, 2.05) is 0 Å². The molecule has 0 aromatic carbocycles. The number of nitrogens with zero attached hydrogens (tertiary/aromatic N) is 1. The number of ether oxygens (including phenoxy) is 1. The van der Waals surface area contributed by atoms with E-state index >= 15 is 0 Å². The van der Waals surface area contributed by atoms with E-state index in [-0.39, 0.29) is 6.10 Å². The molecule has 2 nitrogen and oxygen atoms in total. The zero-order valence-electron chi connectivity index (χ0n) is 8.59. The van der Waals surface area contributed by atoms with Gasteiger partial charge in [-0.2, -0.15) is 0 Å². The van der Waals surface area contributed by atoms with Crippen molar-refractivity contribution in [1.29, 1.82) is 0 Å². The van der Waals surface area contributed by atoms with Crippen LogP contribution in [0.15, 0.2) is 0 Å². The van der Waals surface area contributed by atoms with Crippen LogP contribution in [0.3, 0.4) is 0 Å². The molecule has 0 spiro atoms. The van der Waals surface area contributed by atoms with Crippen LogP contribution in [0, 0.1) is 0 Å². The van der Waals surface area contributed by atoms with Crippen LogP contribution in [0.1, 0.15) is 27.2 Å². The Labute approximate surface area is 79.1 Å². The summed E-state index contributed by atoms with van der Waals surface area (Å²) in [5, 5.41) is 0. The van der Waals surface area contributed by atoms with Crippen molar-refractivity contribution in [3.05, 3.63) is 0 Å². The van der Waals surface area contributed by atoms with E-state index in [0.29, 0.717) is 25.2 Å². The molecule has 76 valence electrons. The van der Waals surface area contributed by atoms with E-state index in [4.69, 9.17) is 4.74 Å². The fourth-order valence-corrected chi connectivity index (χ4v) is 2.45. The van der Waals surface area contributed by atoms with Crippen LogP contribution in [-0.4, -0.2) is 41.9 Å². The zero-order valence-corrected chi connectivity index (χ0v) is 8.59. The van der Waals surface area contributed by atoms with Crippen LogP contribution < -0.4 is 0 Å². The lowest BCUT2D eigenvalue weighted by Crippen LogP contribution is -2.55. The summed E-state index contributed by atoms with van der Waals surface area (Å²) in [7, 11) is 0. The predicted molar refractivity (Wildman–Crippen MR) is 49.5 cm³/mol. The Balaban J connectivity index is 2.16. The van der Waals surface area contributed by atoms with Gasteiger partial charge in [-0.1, -0.05) is 0 Å². The number of rotatable bonds is 1. The van der Waals surface area contributed by atoms with E-state index in [2.05, 4.69) is 18.7 Å².